The number of fused-ring (bicyclic) bond motifs is 1. The highest BCUT2D eigenvalue weighted by Gasteiger charge is 2.39. The maximum absolute atomic E-state index is 12.8. The van der Waals surface area contributed by atoms with Crippen LogP contribution in [0.4, 0.5) is 5.82 Å². The van der Waals surface area contributed by atoms with E-state index in [9.17, 15) is 4.79 Å². The molecule has 2 aromatic rings. The summed E-state index contributed by atoms with van der Waals surface area (Å²) in [5, 5.41) is 2.05. The molecule has 144 valence electrons. The smallest absolute Gasteiger partial charge is 0.242 e. The lowest BCUT2D eigenvalue weighted by atomic mass is 9.81. The van der Waals surface area contributed by atoms with Crippen molar-refractivity contribution in [3.05, 3.63) is 17.8 Å². The zero-order valence-corrected chi connectivity index (χ0v) is 17.0. The Hall–Kier alpha value is -1.15. The number of thiophene rings is 1. The molecule has 9 heteroatoms. The van der Waals surface area contributed by atoms with Gasteiger partial charge in [-0.1, -0.05) is 19.3 Å². The zero-order valence-electron chi connectivity index (χ0n) is 14.6. The van der Waals surface area contributed by atoms with Crippen LogP contribution in [0.3, 0.4) is 0 Å². The van der Waals surface area contributed by atoms with Crippen molar-refractivity contribution in [2.45, 2.75) is 37.6 Å². The first kappa shape index (κ1) is 21.2. The SMILES string of the molecule is Cl.Cl.NC1(C(=O)N2CCN(c3ncnc4ccsc34)CC2)CCCCC1. The van der Waals surface area contributed by atoms with Crippen molar-refractivity contribution in [2.75, 3.05) is 31.1 Å². The second kappa shape index (κ2) is 8.69. The van der Waals surface area contributed by atoms with Gasteiger partial charge < -0.3 is 15.5 Å². The predicted molar refractivity (Wildman–Crippen MR) is 111 cm³/mol. The molecule has 6 nitrogen and oxygen atoms in total. The predicted octanol–water partition coefficient (Wildman–Crippen LogP) is 2.85. The molecule has 0 atom stereocenters. The Balaban J connectivity index is 0.00000121. The molecule has 3 heterocycles. The molecular formula is C17H25Cl2N5OS. The molecule has 2 aromatic heterocycles. The number of anilines is 1. The Labute approximate surface area is 170 Å². The summed E-state index contributed by atoms with van der Waals surface area (Å²) >= 11 is 1.67. The van der Waals surface area contributed by atoms with Crippen molar-refractivity contribution in [1.82, 2.24) is 14.9 Å². The number of hydrogen-bond donors (Lipinski definition) is 1. The summed E-state index contributed by atoms with van der Waals surface area (Å²) in [5.41, 5.74) is 6.78. The molecule has 0 bridgehead atoms. The Morgan fingerprint density at radius 1 is 1.08 bits per heavy atom. The van der Waals surface area contributed by atoms with Crippen molar-refractivity contribution in [1.29, 1.82) is 0 Å². The first-order valence-corrected chi connectivity index (χ1v) is 9.57. The van der Waals surface area contributed by atoms with Gasteiger partial charge in [0.25, 0.3) is 0 Å². The second-order valence-electron chi connectivity index (χ2n) is 6.83. The number of nitrogens with zero attached hydrogens (tertiary/aromatic N) is 4. The van der Waals surface area contributed by atoms with Crippen molar-refractivity contribution in [2.24, 2.45) is 5.73 Å². The normalized spacial score (nSPS) is 19.6. The van der Waals surface area contributed by atoms with Crippen molar-refractivity contribution >= 4 is 58.1 Å². The molecule has 0 spiro atoms. The van der Waals surface area contributed by atoms with Crippen LogP contribution in [0.1, 0.15) is 32.1 Å². The molecule has 1 aliphatic carbocycles. The Morgan fingerprint density at radius 2 is 1.77 bits per heavy atom. The van der Waals surface area contributed by atoms with E-state index in [0.717, 1.165) is 54.8 Å². The number of nitrogens with two attached hydrogens (primary N) is 1. The molecule has 26 heavy (non-hydrogen) atoms. The molecule has 0 radical (unpaired) electrons. The molecule has 4 rings (SSSR count). The number of carbonyl (C=O) groups is 1. The number of hydrogen-bond acceptors (Lipinski definition) is 6. The average Bonchev–Trinajstić information content (AvgIpc) is 3.11. The summed E-state index contributed by atoms with van der Waals surface area (Å²) in [6.07, 6.45) is 6.61. The molecule has 0 aromatic carbocycles. The standard InChI is InChI=1S/C17H23N5OS.2ClH/c18-17(5-2-1-3-6-17)16(23)22-9-7-21(8-10-22)15-14-13(4-11-24-14)19-12-20-15;;/h4,11-12H,1-3,5-10,18H2;2*1H. The summed E-state index contributed by atoms with van der Waals surface area (Å²) in [4.78, 5) is 25.8. The van der Waals surface area contributed by atoms with Gasteiger partial charge in [-0.2, -0.15) is 0 Å². The van der Waals surface area contributed by atoms with Crippen LogP contribution < -0.4 is 10.6 Å². The van der Waals surface area contributed by atoms with E-state index < -0.39 is 5.54 Å². The molecule has 0 unspecified atom stereocenters. The van der Waals surface area contributed by atoms with Crippen LogP contribution in [-0.2, 0) is 4.79 Å². The summed E-state index contributed by atoms with van der Waals surface area (Å²) < 4.78 is 1.12. The van der Waals surface area contributed by atoms with E-state index in [4.69, 9.17) is 5.73 Å². The number of halogens is 2. The summed E-state index contributed by atoms with van der Waals surface area (Å²) in [6, 6.07) is 2.02. The fourth-order valence-corrected chi connectivity index (χ4v) is 4.70. The van der Waals surface area contributed by atoms with Crippen LogP contribution in [0.2, 0.25) is 0 Å². The zero-order chi connectivity index (χ0) is 16.6. The van der Waals surface area contributed by atoms with Crippen molar-refractivity contribution in [3.63, 3.8) is 0 Å². The fourth-order valence-electron chi connectivity index (χ4n) is 3.83. The van der Waals surface area contributed by atoms with Crippen LogP contribution in [0.5, 0.6) is 0 Å². The number of piperazine rings is 1. The van der Waals surface area contributed by atoms with Gasteiger partial charge in [-0.25, -0.2) is 9.97 Å². The van der Waals surface area contributed by atoms with E-state index in [1.807, 2.05) is 16.3 Å². The van der Waals surface area contributed by atoms with Gasteiger partial charge >= 0.3 is 0 Å². The number of aromatic nitrogens is 2. The van der Waals surface area contributed by atoms with Gasteiger partial charge in [0.2, 0.25) is 5.91 Å². The van der Waals surface area contributed by atoms with E-state index >= 15 is 0 Å². The Morgan fingerprint density at radius 3 is 2.46 bits per heavy atom. The summed E-state index contributed by atoms with van der Waals surface area (Å²) in [7, 11) is 0. The maximum atomic E-state index is 12.8. The molecule has 2 N–H and O–H groups in total. The largest absolute Gasteiger partial charge is 0.352 e. The third-order valence-corrected chi connectivity index (χ3v) is 6.16. The van der Waals surface area contributed by atoms with Crippen LogP contribution in [0, 0.1) is 0 Å². The topological polar surface area (TPSA) is 75.4 Å². The lowest BCUT2D eigenvalue weighted by Crippen LogP contribution is -2.60. The second-order valence-corrected chi connectivity index (χ2v) is 7.74. The van der Waals surface area contributed by atoms with Crippen LogP contribution in [-0.4, -0.2) is 52.5 Å². The number of rotatable bonds is 2. The molecule has 2 fully saturated rings. The number of carbonyl (C=O) groups excluding carboxylic acids is 1. The van der Waals surface area contributed by atoms with Crippen molar-refractivity contribution in [3.8, 4) is 0 Å². The van der Waals surface area contributed by atoms with E-state index in [0.29, 0.717) is 13.1 Å². The van der Waals surface area contributed by atoms with E-state index in [-0.39, 0.29) is 30.7 Å². The molecule has 1 saturated heterocycles. The van der Waals surface area contributed by atoms with Gasteiger partial charge in [-0.3, -0.25) is 4.79 Å². The fraction of sp³-hybridized carbons (Fsp3) is 0.588. The highest BCUT2D eigenvalue weighted by Crippen LogP contribution is 2.30. The minimum atomic E-state index is -0.629. The quantitative estimate of drug-likeness (QED) is 0.812. The highest BCUT2D eigenvalue weighted by atomic mass is 35.5. The van der Waals surface area contributed by atoms with E-state index in [2.05, 4.69) is 14.9 Å². The first-order chi connectivity index (χ1) is 11.7. The van der Waals surface area contributed by atoms with Crippen LogP contribution >= 0.6 is 36.2 Å². The van der Waals surface area contributed by atoms with E-state index in [1.54, 1.807) is 17.7 Å². The lowest BCUT2D eigenvalue weighted by molar-refractivity contribution is -0.138. The molecule has 1 saturated carbocycles. The molecule has 2 aliphatic rings. The minimum absolute atomic E-state index is 0. The Bertz CT molecular complexity index is 742. The van der Waals surface area contributed by atoms with Gasteiger partial charge in [-0.15, -0.1) is 36.2 Å². The highest BCUT2D eigenvalue weighted by molar-refractivity contribution is 7.17. The Kier molecular flexibility index (Phi) is 7.07. The third kappa shape index (κ3) is 3.91. The van der Waals surface area contributed by atoms with Gasteiger partial charge in [0.15, 0.2) is 0 Å². The average molecular weight is 418 g/mol. The first-order valence-electron chi connectivity index (χ1n) is 8.69. The van der Waals surface area contributed by atoms with Gasteiger partial charge in [0, 0.05) is 26.2 Å². The number of amides is 1. The molecular weight excluding hydrogens is 393 g/mol. The monoisotopic (exact) mass is 417 g/mol. The third-order valence-electron chi connectivity index (χ3n) is 5.26. The van der Waals surface area contributed by atoms with E-state index in [1.165, 1.54) is 6.42 Å². The van der Waals surface area contributed by atoms with Crippen molar-refractivity contribution < 1.29 is 4.79 Å². The maximum Gasteiger partial charge on any atom is 0.242 e. The van der Waals surface area contributed by atoms with Crippen LogP contribution in [0.25, 0.3) is 10.2 Å². The minimum Gasteiger partial charge on any atom is -0.352 e. The summed E-state index contributed by atoms with van der Waals surface area (Å²) in [6.45, 7) is 3.03. The lowest BCUT2D eigenvalue weighted by Gasteiger charge is -2.41. The molecule has 1 aliphatic heterocycles. The summed E-state index contributed by atoms with van der Waals surface area (Å²) in [5.74, 6) is 1.13. The van der Waals surface area contributed by atoms with Gasteiger partial charge in [0.1, 0.15) is 12.1 Å². The van der Waals surface area contributed by atoms with Gasteiger partial charge in [-0.05, 0) is 24.3 Å². The molecule has 1 amide bonds. The van der Waals surface area contributed by atoms with Gasteiger partial charge in [0.05, 0.1) is 15.8 Å². The van der Waals surface area contributed by atoms with Crippen LogP contribution in [0.15, 0.2) is 17.8 Å².